The molecular weight excluding hydrogens is 511 g/mol. The number of pyridine rings is 1. The van der Waals surface area contributed by atoms with E-state index < -0.39 is 11.8 Å². The van der Waals surface area contributed by atoms with Gasteiger partial charge in [-0.3, -0.25) is 14.5 Å². The van der Waals surface area contributed by atoms with E-state index in [0.29, 0.717) is 18.1 Å². The molecule has 8 nitrogen and oxygen atoms in total. The molecule has 1 aromatic carbocycles. The molecule has 0 fully saturated rings. The third-order valence-corrected chi connectivity index (χ3v) is 6.48. The molecule has 174 valence electrons. The van der Waals surface area contributed by atoms with Gasteiger partial charge in [-0.15, -0.1) is 11.3 Å². The maximum absolute atomic E-state index is 12.9. The second-order valence-electron chi connectivity index (χ2n) is 6.98. The van der Waals surface area contributed by atoms with Gasteiger partial charge in [0, 0.05) is 30.4 Å². The van der Waals surface area contributed by atoms with Gasteiger partial charge in [0.1, 0.15) is 16.4 Å². The van der Waals surface area contributed by atoms with E-state index >= 15 is 0 Å². The van der Waals surface area contributed by atoms with Crippen molar-refractivity contribution >= 4 is 69.5 Å². The fraction of sp³-hybridized carbons (Fsp3) is 0.190. The largest absolute Gasteiger partial charge is 0.506 e. The number of amides is 2. The number of phenolic OH excluding ortho intramolecular Hbond substituents is 1. The van der Waals surface area contributed by atoms with Crippen LogP contribution in [-0.2, 0) is 6.54 Å². The number of aromatic hydroxyl groups is 1. The summed E-state index contributed by atoms with van der Waals surface area (Å²) in [6.07, 6.45) is 1.36. The molecule has 2 aromatic heterocycles. The van der Waals surface area contributed by atoms with Gasteiger partial charge < -0.3 is 20.8 Å². The number of nitrogens with zero attached hydrogens (tertiary/aromatic N) is 2. The lowest BCUT2D eigenvalue weighted by atomic mass is 10.1. The fourth-order valence-electron chi connectivity index (χ4n) is 2.89. The summed E-state index contributed by atoms with van der Waals surface area (Å²) < 4.78 is 0. The van der Waals surface area contributed by atoms with Gasteiger partial charge in [0.25, 0.3) is 11.8 Å². The summed E-state index contributed by atoms with van der Waals surface area (Å²) in [4.78, 5) is 31.8. The van der Waals surface area contributed by atoms with Gasteiger partial charge in [0.2, 0.25) is 0 Å². The Labute approximate surface area is 208 Å². The molecule has 0 radical (unpaired) electrons. The number of anilines is 2. The summed E-state index contributed by atoms with van der Waals surface area (Å²) in [6, 6.07) is 5.58. The van der Waals surface area contributed by atoms with Crippen molar-refractivity contribution in [2.24, 2.45) is 0 Å². The van der Waals surface area contributed by atoms with Gasteiger partial charge in [-0.25, -0.2) is 4.98 Å². The highest BCUT2D eigenvalue weighted by molar-refractivity contribution is 7.13. The van der Waals surface area contributed by atoms with Crippen molar-refractivity contribution in [3.63, 3.8) is 0 Å². The average molecular weight is 530 g/mol. The zero-order chi connectivity index (χ0) is 24.1. The number of hydrogen-bond donors (Lipinski definition) is 4. The Morgan fingerprint density at radius 3 is 2.55 bits per heavy atom. The van der Waals surface area contributed by atoms with E-state index in [-0.39, 0.29) is 44.3 Å². The van der Waals surface area contributed by atoms with Crippen LogP contribution in [0.2, 0.25) is 15.1 Å². The Balaban J connectivity index is 1.85. The lowest BCUT2D eigenvalue weighted by molar-refractivity contribution is 0.102. The summed E-state index contributed by atoms with van der Waals surface area (Å²) in [7, 11) is 1.82. The van der Waals surface area contributed by atoms with Crippen LogP contribution in [0.5, 0.6) is 5.75 Å². The van der Waals surface area contributed by atoms with Gasteiger partial charge >= 0.3 is 0 Å². The first-order valence-corrected chi connectivity index (χ1v) is 11.5. The molecule has 0 bridgehead atoms. The second kappa shape index (κ2) is 11.1. The van der Waals surface area contributed by atoms with Crippen LogP contribution in [0.1, 0.15) is 25.6 Å². The third-order valence-electron chi connectivity index (χ3n) is 4.46. The molecule has 0 saturated carbocycles. The van der Waals surface area contributed by atoms with Crippen molar-refractivity contribution in [1.29, 1.82) is 0 Å². The van der Waals surface area contributed by atoms with E-state index in [1.165, 1.54) is 24.4 Å². The molecule has 0 saturated heterocycles. The van der Waals surface area contributed by atoms with Gasteiger partial charge in [0.15, 0.2) is 0 Å². The smallest absolute Gasteiger partial charge is 0.267 e. The van der Waals surface area contributed by atoms with Crippen LogP contribution in [0.3, 0.4) is 0 Å². The van der Waals surface area contributed by atoms with Crippen molar-refractivity contribution in [2.75, 3.05) is 30.8 Å². The van der Waals surface area contributed by atoms with Crippen molar-refractivity contribution in [3.8, 4) is 5.75 Å². The first kappa shape index (κ1) is 25.2. The second-order valence-corrected chi connectivity index (χ2v) is 9.11. The van der Waals surface area contributed by atoms with E-state index in [1.807, 2.05) is 11.9 Å². The molecule has 4 N–H and O–H groups in total. The number of aliphatic hydroxyl groups excluding tert-OH is 1. The summed E-state index contributed by atoms with van der Waals surface area (Å²) in [5.74, 6) is -1.42. The van der Waals surface area contributed by atoms with Crippen LogP contribution in [0.25, 0.3) is 0 Å². The molecule has 3 rings (SSSR count). The maximum Gasteiger partial charge on any atom is 0.267 e. The lowest BCUT2D eigenvalue weighted by Gasteiger charge is -2.15. The number of aromatic nitrogens is 1. The molecule has 0 aliphatic rings. The van der Waals surface area contributed by atoms with Gasteiger partial charge in [-0.1, -0.05) is 34.8 Å². The number of likely N-dealkylation sites (N-methyl/N-ethyl adjacent to an activating group) is 1. The first-order chi connectivity index (χ1) is 15.7. The molecule has 2 amide bonds. The van der Waals surface area contributed by atoms with Crippen molar-refractivity contribution in [3.05, 3.63) is 66.9 Å². The number of nitrogens with one attached hydrogen (secondary N) is 2. The van der Waals surface area contributed by atoms with Crippen LogP contribution in [0.15, 0.2) is 35.8 Å². The average Bonchev–Trinajstić information content (AvgIpc) is 3.11. The number of rotatable bonds is 8. The minimum absolute atomic E-state index is 0.00216. The minimum atomic E-state index is -0.651. The minimum Gasteiger partial charge on any atom is -0.506 e. The zero-order valence-electron chi connectivity index (χ0n) is 17.2. The summed E-state index contributed by atoms with van der Waals surface area (Å²) in [6.45, 7) is 0.891. The number of thiophene rings is 1. The highest BCUT2D eigenvalue weighted by Crippen LogP contribution is 2.35. The zero-order valence-corrected chi connectivity index (χ0v) is 20.3. The molecule has 33 heavy (non-hydrogen) atoms. The monoisotopic (exact) mass is 528 g/mol. The number of halogens is 3. The topological polar surface area (TPSA) is 115 Å². The van der Waals surface area contributed by atoms with E-state index in [4.69, 9.17) is 39.9 Å². The van der Waals surface area contributed by atoms with Crippen LogP contribution >= 0.6 is 46.1 Å². The van der Waals surface area contributed by atoms with Crippen LogP contribution in [-0.4, -0.2) is 52.1 Å². The lowest BCUT2D eigenvalue weighted by Crippen LogP contribution is -2.21. The molecule has 0 unspecified atom stereocenters. The van der Waals surface area contributed by atoms with Crippen molar-refractivity contribution in [1.82, 2.24) is 9.88 Å². The fourth-order valence-corrected chi connectivity index (χ4v) is 4.45. The molecule has 0 atom stereocenters. The Bertz CT molecular complexity index is 1170. The predicted molar refractivity (Wildman–Crippen MR) is 131 cm³/mol. The number of hydrogen-bond acceptors (Lipinski definition) is 7. The molecular formula is C21H19Cl3N4O4S. The quantitative estimate of drug-likeness (QED) is 0.313. The van der Waals surface area contributed by atoms with Crippen molar-refractivity contribution in [2.45, 2.75) is 6.54 Å². The standard InChI is InChI=1S/C21H19Cl3N4O4S/c1-28(4-5-29)9-11-10-33-19(17(11)24)21(32)27-18-14(6-13(23)7-15(18)30)20(31)26-16-3-2-12(22)8-25-16/h2-3,6-8,10,29-30H,4-5,9H2,1H3,(H,27,32)(H,25,26,31). The SMILES string of the molecule is CN(CCO)Cc1csc(C(=O)Nc2c(O)cc(Cl)cc2C(=O)Nc2ccc(Cl)cn2)c1Cl. The molecule has 0 aliphatic heterocycles. The molecule has 3 aromatic rings. The van der Waals surface area contributed by atoms with Crippen LogP contribution in [0.4, 0.5) is 11.5 Å². The van der Waals surface area contributed by atoms with E-state index in [9.17, 15) is 14.7 Å². The predicted octanol–water partition coefficient (Wildman–Crippen LogP) is 4.74. The first-order valence-electron chi connectivity index (χ1n) is 9.51. The van der Waals surface area contributed by atoms with Crippen LogP contribution in [0, 0.1) is 0 Å². The summed E-state index contributed by atoms with van der Waals surface area (Å²) in [5, 5.41) is 27.1. The maximum atomic E-state index is 12.9. The number of phenols is 1. The van der Waals surface area contributed by atoms with E-state index in [2.05, 4.69) is 15.6 Å². The number of aliphatic hydroxyl groups is 1. The number of benzene rings is 1. The van der Waals surface area contributed by atoms with Gasteiger partial charge in [-0.2, -0.15) is 0 Å². The Morgan fingerprint density at radius 2 is 1.88 bits per heavy atom. The Hall–Kier alpha value is -2.40. The van der Waals surface area contributed by atoms with Crippen LogP contribution < -0.4 is 10.6 Å². The normalized spacial score (nSPS) is 11.0. The highest BCUT2D eigenvalue weighted by atomic mass is 35.5. The summed E-state index contributed by atoms with van der Waals surface area (Å²) >= 11 is 19.3. The van der Waals surface area contributed by atoms with E-state index in [0.717, 1.165) is 16.9 Å². The molecule has 2 heterocycles. The summed E-state index contributed by atoms with van der Waals surface area (Å²) in [5.41, 5.74) is 0.523. The Morgan fingerprint density at radius 1 is 1.12 bits per heavy atom. The number of carbonyl (C=O) groups excluding carboxylic acids is 2. The Kier molecular flexibility index (Phi) is 8.52. The highest BCUT2D eigenvalue weighted by Gasteiger charge is 2.23. The van der Waals surface area contributed by atoms with Gasteiger partial charge in [0.05, 0.1) is 27.9 Å². The third kappa shape index (κ3) is 6.35. The molecule has 0 spiro atoms. The van der Waals surface area contributed by atoms with E-state index in [1.54, 1.807) is 11.4 Å². The molecule has 0 aliphatic carbocycles. The van der Waals surface area contributed by atoms with Gasteiger partial charge in [-0.05, 0) is 36.2 Å². The molecule has 12 heteroatoms. The van der Waals surface area contributed by atoms with Crippen molar-refractivity contribution < 1.29 is 19.8 Å². The number of carbonyl (C=O) groups is 2.